The summed E-state index contributed by atoms with van der Waals surface area (Å²) in [7, 11) is 0. The van der Waals surface area contributed by atoms with Gasteiger partial charge in [0.05, 0.1) is 11.1 Å². The van der Waals surface area contributed by atoms with Crippen molar-refractivity contribution in [3.05, 3.63) is 22.6 Å². The van der Waals surface area contributed by atoms with Gasteiger partial charge in [-0.05, 0) is 33.6 Å². The minimum atomic E-state index is -0.331. The van der Waals surface area contributed by atoms with Gasteiger partial charge in [-0.25, -0.2) is 0 Å². The van der Waals surface area contributed by atoms with Crippen LogP contribution in [-0.4, -0.2) is 17.3 Å². The predicted molar refractivity (Wildman–Crippen MR) is 74.4 cm³/mol. The second kappa shape index (κ2) is 5.79. The van der Waals surface area contributed by atoms with Gasteiger partial charge in [0.2, 0.25) is 0 Å². The minimum Gasteiger partial charge on any atom is -0.466 e. The van der Waals surface area contributed by atoms with E-state index in [4.69, 9.17) is 16.0 Å². The Hall–Kier alpha value is -0.960. The molecule has 0 aliphatic heterocycles. The quantitative estimate of drug-likeness (QED) is 0.829. The maximum absolute atomic E-state index is 12.4. The van der Waals surface area contributed by atoms with Crippen LogP contribution in [0.2, 0.25) is 0 Å². The van der Waals surface area contributed by atoms with E-state index >= 15 is 0 Å². The number of carbonyl (C=O) groups excluding carboxylic acids is 1. The fraction of sp³-hybridized carbons (Fsp3) is 0.643. The number of hydrogen-bond acceptors (Lipinski definition) is 2. The Morgan fingerprint density at radius 1 is 1.22 bits per heavy atom. The average Bonchev–Trinajstić information content (AvgIpc) is 2.60. The average molecular weight is 272 g/mol. The Kier molecular flexibility index (Phi) is 4.85. The van der Waals surface area contributed by atoms with Gasteiger partial charge in [0.15, 0.2) is 0 Å². The van der Waals surface area contributed by atoms with Crippen LogP contribution in [0.5, 0.6) is 0 Å². The molecule has 3 nitrogen and oxygen atoms in total. The van der Waals surface area contributed by atoms with Crippen molar-refractivity contribution in [2.45, 2.75) is 53.0 Å². The SMILES string of the molecule is CCC(CC)(CCl)NC(=O)c1c(C)oc(C)c1C. The highest BCUT2D eigenvalue weighted by molar-refractivity contribution is 6.19. The molecule has 0 fully saturated rings. The molecule has 0 saturated heterocycles. The van der Waals surface area contributed by atoms with E-state index in [1.807, 2.05) is 34.6 Å². The van der Waals surface area contributed by atoms with Crippen molar-refractivity contribution in [3.8, 4) is 0 Å². The van der Waals surface area contributed by atoms with Gasteiger partial charge in [-0.15, -0.1) is 11.6 Å². The van der Waals surface area contributed by atoms with Crippen molar-refractivity contribution in [1.29, 1.82) is 0 Å². The fourth-order valence-corrected chi connectivity index (χ4v) is 2.52. The van der Waals surface area contributed by atoms with E-state index in [2.05, 4.69) is 5.32 Å². The van der Waals surface area contributed by atoms with Crippen molar-refractivity contribution < 1.29 is 9.21 Å². The number of amides is 1. The summed E-state index contributed by atoms with van der Waals surface area (Å²) in [5.41, 5.74) is 1.22. The molecule has 4 heteroatoms. The molecular formula is C14H22ClNO2. The number of halogens is 1. The van der Waals surface area contributed by atoms with Crippen LogP contribution in [0.15, 0.2) is 4.42 Å². The van der Waals surface area contributed by atoms with Crippen LogP contribution in [0.25, 0.3) is 0 Å². The van der Waals surface area contributed by atoms with E-state index in [1.54, 1.807) is 0 Å². The van der Waals surface area contributed by atoms with Gasteiger partial charge < -0.3 is 9.73 Å². The summed E-state index contributed by atoms with van der Waals surface area (Å²) in [6.45, 7) is 9.66. The molecule has 102 valence electrons. The standard InChI is InChI=1S/C14H22ClNO2/c1-6-14(7-2,8-15)16-13(17)12-9(3)10(4)18-11(12)5/h6-8H2,1-5H3,(H,16,17). The van der Waals surface area contributed by atoms with Crippen molar-refractivity contribution in [1.82, 2.24) is 5.32 Å². The molecule has 0 unspecified atom stereocenters. The first kappa shape index (κ1) is 15.1. The molecule has 1 aromatic rings. The van der Waals surface area contributed by atoms with E-state index in [0.717, 1.165) is 24.2 Å². The maximum Gasteiger partial charge on any atom is 0.255 e. The summed E-state index contributed by atoms with van der Waals surface area (Å²) in [6.07, 6.45) is 1.63. The van der Waals surface area contributed by atoms with Gasteiger partial charge >= 0.3 is 0 Å². The Labute approximate surface area is 114 Å². The number of aryl methyl sites for hydroxylation is 2. The van der Waals surface area contributed by atoms with E-state index in [0.29, 0.717) is 17.2 Å². The van der Waals surface area contributed by atoms with Gasteiger partial charge in [-0.2, -0.15) is 0 Å². The summed E-state index contributed by atoms with van der Waals surface area (Å²) in [4.78, 5) is 12.4. The lowest BCUT2D eigenvalue weighted by Crippen LogP contribution is -2.49. The Balaban J connectivity index is 3.01. The number of rotatable bonds is 5. The first-order chi connectivity index (χ1) is 8.40. The van der Waals surface area contributed by atoms with Gasteiger partial charge in [-0.1, -0.05) is 13.8 Å². The van der Waals surface area contributed by atoms with Gasteiger partial charge in [0.25, 0.3) is 5.91 Å². The molecule has 0 aromatic carbocycles. The smallest absolute Gasteiger partial charge is 0.255 e. The summed E-state index contributed by atoms with van der Waals surface area (Å²) in [5.74, 6) is 1.78. The molecule has 0 saturated carbocycles. The van der Waals surface area contributed by atoms with Gasteiger partial charge in [0.1, 0.15) is 11.5 Å². The molecule has 18 heavy (non-hydrogen) atoms. The van der Waals surface area contributed by atoms with Crippen LogP contribution in [0, 0.1) is 20.8 Å². The normalized spacial score (nSPS) is 11.7. The Morgan fingerprint density at radius 3 is 2.11 bits per heavy atom. The zero-order valence-electron chi connectivity index (χ0n) is 11.8. The molecule has 0 atom stereocenters. The first-order valence-corrected chi connectivity index (χ1v) is 6.89. The lowest BCUT2D eigenvalue weighted by Gasteiger charge is -2.30. The van der Waals surface area contributed by atoms with Crippen molar-refractivity contribution in [2.24, 2.45) is 0 Å². The molecular weight excluding hydrogens is 250 g/mol. The van der Waals surface area contributed by atoms with E-state index in [1.165, 1.54) is 0 Å². The highest BCUT2D eigenvalue weighted by Crippen LogP contribution is 2.23. The second-order valence-corrected chi connectivity index (χ2v) is 5.06. The van der Waals surface area contributed by atoms with Crippen molar-refractivity contribution in [2.75, 3.05) is 5.88 Å². The van der Waals surface area contributed by atoms with Crippen molar-refractivity contribution >= 4 is 17.5 Å². The fourth-order valence-electron chi connectivity index (χ4n) is 2.08. The molecule has 0 aliphatic rings. The molecule has 1 aromatic heterocycles. The summed E-state index contributed by atoms with van der Waals surface area (Å²) in [5, 5.41) is 3.06. The van der Waals surface area contributed by atoms with Crippen LogP contribution < -0.4 is 5.32 Å². The van der Waals surface area contributed by atoms with E-state index < -0.39 is 0 Å². The van der Waals surface area contributed by atoms with Crippen LogP contribution >= 0.6 is 11.6 Å². The van der Waals surface area contributed by atoms with Crippen LogP contribution in [-0.2, 0) is 0 Å². The number of alkyl halides is 1. The lowest BCUT2D eigenvalue weighted by molar-refractivity contribution is 0.0900. The van der Waals surface area contributed by atoms with Crippen LogP contribution in [0.4, 0.5) is 0 Å². The number of nitrogens with one attached hydrogen (secondary N) is 1. The third kappa shape index (κ3) is 2.72. The van der Waals surface area contributed by atoms with E-state index in [-0.39, 0.29) is 11.4 Å². The third-order valence-corrected chi connectivity index (χ3v) is 4.29. The van der Waals surface area contributed by atoms with E-state index in [9.17, 15) is 4.79 Å². The Morgan fingerprint density at radius 2 is 1.78 bits per heavy atom. The highest BCUT2D eigenvalue weighted by Gasteiger charge is 2.29. The minimum absolute atomic E-state index is 0.0915. The maximum atomic E-state index is 12.4. The number of furan rings is 1. The molecule has 0 radical (unpaired) electrons. The molecule has 0 aliphatic carbocycles. The zero-order chi connectivity index (χ0) is 13.9. The summed E-state index contributed by atoms with van der Waals surface area (Å²) < 4.78 is 5.49. The molecule has 0 bridgehead atoms. The molecule has 1 rings (SSSR count). The predicted octanol–water partition coefficient (Wildman–Crippen LogP) is 3.73. The summed E-state index contributed by atoms with van der Waals surface area (Å²) in [6, 6.07) is 0. The van der Waals surface area contributed by atoms with Gasteiger partial charge in [0, 0.05) is 11.4 Å². The molecule has 0 spiro atoms. The molecule has 1 heterocycles. The van der Waals surface area contributed by atoms with Crippen molar-refractivity contribution in [3.63, 3.8) is 0 Å². The summed E-state index contributed by atoms with van der Waals surface area (Å²) >= 11 is 6.00. The third-order valence-electron chi connectivity index (χ3n) is 3.78. The Bertz CT molecular complexity index is 425. The largest absolute Gasteiger partial charge is 0.466 e. The topological polar surface area (TPSA) is 42.2 Å². The second-order valence-electron chi connectivity index (χ2n) is 4.79. The highest BCUT2D eigenvalue weighted by atomic mass is 35.5. The monoisotopic (exact) mass is 271 g/mol. The molecule has 1 N–H and O–H groups in total. The van der Waals surface area contributed by atoms with Crippen LogP contribution in [0.3, 0.4) is 0 Å². The van der Waals surface area contributed by atoms with Crippen LogP contribution in [0.1, 0.15) is 54.1 Å². The number of hydrogen-bond donors (Lipinski definition) is 1. The molecule has 1 amide bonds. The number of carbonyl (C=O) groups is 1. The lowest BCUT2D eigenvalue weighted by atomic mass is 9.94. The van der Waals surface area contributed by atoms with Gasteiger partial charge in [-0.3, -0.25) is 4.79 Å². The zero-order valence-corrected chi connectivity index (χ0v) is 12.6. The first-order valence-electron chi connectivity index (χ1n) is 6.35.